The van der Waals surface area contributed by atoms with E-state index in [2.05, 4.69) is 34.5 Å². The predicted molar refractivity (Wildman–Crippen MR) is 119 cm³/mol. The molecule has 1 saturated heterocycles. The minimum Gasteiger partial charge on any atom is -0.369 e. The number of rotatable bonds is 8. The summed E-state index contributed by atoms with van der Waals surface area (Å²) in [6.07, 6.45) is 2.72. The van der Waals surface area contributed by atoms with E-state index in [9.17, 15) is 9.59 Å². The second-order valence-electron chi connectivity index (χ2n) is 8.11. The van der Waals surface area contributed by atoms with Gasteiger partial charge in [-0.25, -0.2) is 4.79 Å². The van der Waals surface area contributed by atoms with Gasteiger partial charge in [-0.05, 0) is 42.5 Å². The molecule has 1 unspecified atom stereocenters. The fraction of sp³-hybridized carbons (Fsp3) is 0.417. The molecule has 2 aromatic rings. The fourth-order valence-electron chi connectivity index (χ4n) is 3.88. The second kappa shape index (κ2) is 10.8. The molecular weight excluding hydrogens is 376 g/mol. The molecule has 2 aromatic carbocycles. The summed E-state index contributed by atoms with van der Waals surface area (Å²) in [5.41, 5.74) is 8.96. The van der Waals surface area contributed by atoms with Gasteiger partial charge in [-0.3, -0.25) is 9.69 Å². The SMILES string of the molecule is CN(CCc1ccccc1)C(=O)NCc1cccc(CN2CCCC(C(N)=O)C2)c1. The summed E-state index contributed by atoms with van der Waals surface area (Å²) in [6.45, 7) is 3.67. The Balaban J connectivity index is 1.46. The van der Waals surface area contributed by atoms with E-state index in [-0.39, 0.29) is 17.9 Å². The first-order chi connectivity index (χ1) is 14.5. The smallest absolute Gasteiger partial charge is 0.317 e. The van der Waals surface area contributed by atoms with Gasteiger partial charge in [0.15, 0.2) is 0 Å². The fourth-order valence-corrected chi connectivity index (χ4v) is 3.88. The van der Waals surface area contributed by atoms with Crippen molar-refractivity contribution in [2.45, 2.75) is 32.4 Å². The molecule has 0 spiro atoms. The number of hydrogen-bond acceptors (Lipinski definition) is 3. The summed E-state index contributed by atoms with van der Waals surface area (Å²) < 4.78 is 0. The van der Waals surface area contributed by atoms with Gasteiger partial charge in [0.05, 0.1) is 5.92 Å². The highest BCUT2D eigenvalue weighted by molar-refractivity contribution is 5.77. The molecular formula is C24H32N4O2. The normalized spacial score (nSPS) is 16.8. The molecule has 1 fully saturated rings. The first-order valence-corrected chi connectivity index (χ1v) is 10.6. The number of likely N-dealkylation sites (tertiary alicyclic amines) is 1. The van der Waals surface area contributed by atoms with E-state index in [1.54, 1.807) is 4.90 Å². The summed E-state index contributed by atoms with van der Waals surface area (Å²) in [5.74, 6) is -0.250. The van der Waals surface area contributed by atoms with Crippen molar-refractivity contribution in [1.29, 1.82) is 0 Å². The van der Waals surface area contributed by atoms with Gasteiger partial charge in [0.1, 0.15) is 0 Å². The average molecular weight is 409 g/mol. The molecule has 0 radical (unpaired) electrons. The van der Waals surface area contributed by atoms with E-state index in [0.717, 1.165) is 44.5 Å². The van der Waals surface area contributed by atoms with Crippen molar-refractivity contribution >= 4 is 11.9 Å². The van der Waals surface area contributed by atoms with Gasteiger partial charge in [-0.2, -0.15) is 0 Å². The number of urea groups is 1. The van der Waals surface area contributed by atoms with Crippen LogP contribution in [0.2, 0.25) is 0 Å². The van der Waals surface area contributed by atoms with E-state index in [0.29, 0.717) is 13.1 Å². The number of primary amides is 1. The summed E-state index contributed by atoms with van der Waals surface area (Å²) in [7, 11) is 1.82. The number of benzene rings is 2. The molecule has 160 valence electrons. The Morgan fingerprint density at radius 2 is 1.83 bits per heavy atom. The van der Waals surface area contributed by atoms with E-state index < -0.39 is 0 Å². The third-order valence-corrected chi connectivity index (χ3v) is 5.67. The van der Waals surface area contributed by atoms with Crippen LogP contribution in [0.4, 0.5) is 4.79 Å². The van der Waals surface area contributed by atoms with Crippen LogP contribution in [0.25, 0.3) is 0 Å². The quantitative estimate of drug-likeness (QED) is 0.705. The zero-order chi connectivity index (χ0) is 21.3. The van der Waals surface area contributed by atoms with Gasteiger partial charge in [0.2, 0.25) is 5.91 Å². The Morgan fingerprint density at radius 1 is 1.10 bits per heavy atom. The molecule has 0 bridgehead atoms. The molecule has 3 N–H and O–H groups in total. The maximum absolute atomic E-state index is 12.4. The summed E-state index contributed by atoms with van der Waals surface area (Å²) in [5, 5.41) is 3.00. The number of likely N-dealkylation sites (N-methyl/N-ethyl adjacent to an activating group) is 1. The van der Waals surface area contributed by atoms with E-state index in [4.69, 9.17) is 5.73 Å². The van der Waals surface area contributed by atoms with Crippen LogP contribution in [0.1, 0.15) is 29.5 Å². The Hall–Kier alpha value is -2.86. The van der Waals surface area contributed by atoms with Gasteiger partial charge in [0, 0.05) is 33.2 Å². The van der Waals surface area contributed by atoms with Crippen molar-refractivity contribution in [3.05, 3.63) is 71.3 Å². The van der Waals surface area contributed by atoms with Crippen LogP contribution in [0.3, 0.4) is 0 Å². The van der Waals surface area contributed by atoms with Gasteiger partial charge in [-0.1, -0.05) is 54.6 Å². The molecule has 1 aliphatic rings. The van der Waals surface area contributed by atoms with Crippen molar-refractivity contribution < 1.29 is 9.59 Å². The Kier molecular flexibility index (Phi) is 7.85. The predicted octanol–water partition coefficient (Wildman–Crippen LogP) is 2.77. The maximum atomic E-state index is 12.4. The van der Waals surface area contributed by atoms with Gasteiger partial charge < -0.3 is 16.0 Å². The number of nitrogens with one attached hydrogen (secondary N) is 1. The Labute approximate surface area is 179 Å². The van der Waals surface area contributed by atoms with E-state index in [1.807, 2.05) is 37.4 Å². The highest BCUT2D eigenvalue weighted by Gasteiger charge is 2.23. The average Bonchev–Trinajstić information content (AvgIpc) is 2.77. The lowest BCUT2D eigenvalue weighted by molar-refractivity contribution is -0.123. The highest BCUT2D eigenvalue weighted by Crippen LogP contribution is 2.18. The first-order valence-electron chi connectivity index (χ1n) is 10.6. The molecule has 3 rings (SSSR count). The van der Waals surface area contributed by atoms with E-state index >= 15 is 0 Å². The minimum atomic E-state index is -0.201. The lowest BCUT2D eigenvalue weighted by atomic mass is 9.97. The number of carbonyl (C=O) groups excluding carboxylic acids is 2. The van der Waals surface area contributed by atoms with Crippen LogP contribution in [0.5, 0.6) is 0 Å². The summed E-state index contributed by atoms with van der Waals surface area (Å²) in [4.78, 5) is 27.9. The Bertz CT molecular complexity index is 840. The molecule has 1 heterocycles. The lowest BCUT2D eigenvalue weighted by Gasteiger charge is -2.31. The van der Waals surface area contributed by atoms with E-state index in [1.165, 1.54) is 11.1 Å². The molecule has 1 atom stereocenters. The highest BCUT2D eigenvalue weighted by atomic mass is 16.2. The monoisotopic (exact) mass is 408 g/mol. The van der Waals surface area contributed by atoms with Crippen LogP contribution < -0.4 is 11.1 Å². The van der Waals surface area contributed by atoms with Crippen LogP contribution in [0, 0.1) is 5.92 Å². The molecule has 3 amide bonds. The maximum Gasteiger partial charge on any atom is 0.317 e. The van der Waals surface area contributed by atoms with Crippen molar-refractivity contribution in [1.82, 2.24) is 15.1 Å². The number of carbonyl (C=O) groups is 2. The van der Waals surface area contributed by atoms with Crippen molar-refractivity contribution in [3.63, 3.8) is 0 Å². The number of nitrogens with zero attached hydrogens (tertiary/aromatic N) is 2. The molecule has 6 nitrogen and oxygen atoms in total. The summed E-state index contributed by atoms with van der Waals surface area (Å²) >= 11 is 0. The molecule has 0 aliphatic carbocycles. The zero-order valence-electron chi connectivity index (χ0n) is 17.7. The van der Waals surface area contributed by atoms with Crippen LogP contribution >= 0.6 is 0 Å². The molecule has 1 aliphatic heterocycles. The Morgan fingerprint density at radius 3 is 2.60 bits per heavy atom. The largest absolute Gasteiger partial charge is 0.369 e. The zero-order valence-corrected chi connectivity index (χ0v) is 17.7. The van der Waals surface area contributed by atoms with Crippen LogP contribution in [-0.2, 0) is 24.3 Å². The lowest BCUT2D eigenvalue weighted by Crippen LogP contribution is -2.40. The van der Waals surface area contributed by atoms with Crippen molar-refractivity contribution in [2.24, 2.45) is 11.7 Å². The van der Waals surface area contributed by atoms with Crippen LogP contribution in [-0.4, -0.2) is 48.4 Å². The topological polar surface area (TPSA) is 78.7 Å². The van der Waals surface area contributed by atoms with Gasteiger partial charge >= 0.3 is 6.03 Å². The van der Waals surface area contributed by atoms with Gasteiger partial charge in [0.25, 0.3) is 0 Å². The second-order valence-corrected chi connectivity index (χ2v) is 8.11. The number of amides is 3. The first kappa shape index (κ1) is 21.8. The molecule has 6 heteroatoms. The molecule has 30 heavy (non-hydrogen) atoms. The third kappa shape index (κ3) is 6.59. The number of piperidine rings is 1. The number of nitrogens with two attached hydrogens (primary N) is 1. The van der Waals surface area contributed by atoms with Crippen LogP contribution in [0.15, 0.2) is 54.6 Å². The van der Waals surface area contributed by atoms with Gasteiger partial charge in [-0.15, -0.1) is 0 Å². The standard InChI is InChI=1S/C24H32N4O2/c1-27(14-12-19-7-3-2-4-8-19)24(30)26-16-20-9-5-10-21(15-20)17-28-13-6-11-22(18-28)23(25)29/h2-5,7-10,15,22H,6,11-14,16-18H2,1H3,(H2,25,29)(H,26,30). The molecule has 0 saturated carbocycles. The minimum absolute atomic E-state index is 0.0485. The van der Waals surface area contributed by atoms with Crippen molar-refractivity contribution in [2.75, 3.05) is 26.7 Å². The van der Waals surface area contributed by atoms with Crippen molar-refractivity contribution in [3.8, 4) is 0 Å². The molecule has 0 aromatic heterocycles. The number of hydrogen-bond donors (Lipinski definition) is 2. The summed E-state index contributed by atoms with van der Waals surface area (Å²) in [6, 6.07) is 18.4. The third-order valence-electron chi connectivity index (χ3n) is 5.67.